The van der Waals surface area contributed by atoms with Crippen LogP contribution in [0.3, 0.4) is 0 Å². The summed E-state index contributed by atoms with van der Waals surface area (Å²) < 4.78 is 101. The number of halogens is 6. The van der Waals surface area contributed by atoms with E-state index in [9.17, 15) is 26.3 Å². The van der Waals surface area contributed by atoms with Crippen LogP contribution in [0.25, 0.3) is 0 Å². The highest BCUT2D eigenvalue weighted by Gasteiger charge is 2.37. The monoisotopic (exact) mass is 516 g/mol. The van der Waals surface area contributed by atoms with Gasteiger partial charge < -0.3 is 14.2 Å². The molecule has 3 rings (SSSR count). The standard InChI is InChI=1S/C27H30F6O3/c1-3-4-5-6-20-9-11-22(14-23(20)28)36-27(32,33)21-10-12-25(24(29)13-21)35-17-26(30,31)15-19-8-7-18(2)34-16-19/h3-4,9-14,18-19H,5-8,15-17H2,1-2H3/b4-3+. The molecule has 2 unspecified atom stereocenters. The third-order valence-corrected chi connectivity index (χ3v) is 5.98. The van der Waals surface area contributed by atoms with Gasteiger partial charge in [0.2, 0.25) is 0 Å². The molecule has 0 aliphatic carbocycles. The summed E-state index contributed by atoms with van der Waals surface area (Å²) in [6.45, 7) is 2.83. The molecule has 0 saturated carbocycles. The van der Waals surface area contributed by atoms with Crippen LogP contribution >= 0.6 is 0 Å². The first-order valence-electron chi connectivity index (χ1n) is 11.9. The molecule has 1 heterocycles. The second kappa shape index (κ2) is 12.0. The molecule has 3 nitrogen and oxygen atoms in total. The number of allylic oxidation sites excluding steroid dienone is 2. The Labute approximate surface area is 207 Å². The maximum Gasteiger partial charge on any atom is 0.426 e. The smallest absolute Gasteiger partial charge is 0.426 e. The van der Waals surface area contributed by atoms with E-state index in [2.05, 4.69) is 4.74 Å². The van der Waals surface area contributed by atoms with Gasteiger partial charge in [-0.25, -0.2) is 17.6 Å². The zero-order valence-corrected chi connectivity index (χ0v) is 20.2. The van der Waals surface area contributed by atoms with Crippen LogP contribution in [-0.4, -0.2) is 25.2 Å². The Bertz CT molecular complexity index is 1030. The van der Waals surface area contributed by atoms with E-state index in [1.165, 1.54) is 12.1 Å². The summed E-state index contributed by atoms with van der Waals surface area (Å²) in [6, 6.07) is 5.50. The van der Waals surface area contributed by atoms with Crippen LogP contribution in [0, 0.1) is 17.6 Å². The minimum atomic E-state index is -4.00. The van der Waals surface area contributed by atoms with E-state index in [4.69, 9.17) is 9.47 Å². The van der Waals surface area contributed by atoms with Crippen molar-refractivity contribution in [3.8, 4) is 11.5 Å². The number of hydrogen-bond donors (Lipinski definition) is 0. The van der Waals surface area contributed by atoms with Crippen LogP contribution in [0.2, 0.25) is 0 Å². The minimum absolute atomic E-state index is 0.0347. The molecular weight excluding hydrogens is 486 g/mol. The highest BCUT2D eigenvalue weighted by molar-refractivity contribution is 5.33. The van der Waals surface area contributed by atoms with Crippen LogP contribution in [-0.2, 0) is 17.3 Å². The topological polar surface area (TPSA) is 27.7 Å². The van der Waals surface area contributed by atoms with Gasteiger partial charge in [0.1, 0.15) is 11.6 Å². The molecule has 1 aliphatic rings. The molecule has 0 radical (unpaired) electrons. The van der Waals surface area contributed by atoms with Crippen molar-refractivity contribution in [1.29, 1.82) is 0 Å². The average molecular weight is 517 g/mol. The Morgan fingerprint density at radius 1 is 1.03 bits per heavy atom. The van der Waals surface area contributed by atoms with E-state index in [0.717, 1.165) is 18.2 Å². The van der Waals surface area contributed by atoms with Crippen molar-refractivity contribution >= 4 is 0 Å². The molecule has 2 aromatic carbocycles. The van der Waals surface area contributed by atoms with Crippen LogP contribution in [0.5, 0.6) is 11.5 Å². The molecule has 198 valence electrons. The highest BCUT2D eigenvalue weighted by atomic mass is 19.3. The largest absolute Gasteiger partial charge is 0.484 e. The number of rotatable bonds is 11. The summed E-state index contributed by atoms with van der Waals surface area (Å²) in [5.74, 6) is -6.54. The Kier molecular flexibility index (Phi) is 9.33. The Hall–Kier alpha value is -2.68. The van der Waals surface area contributed by atoms with Crippen molar-refractivity contribution in [1.82, 2.24) is 0 Å². The highest BCUT2D eigenvalue weighted by Crippen LogP contribution is 2.35. The lowest BCUT2D eigenvalue weighted by Gasteiger charge is -2.29. The molecule has 2 aromatic rings. The van der Waals surface area contributed by atoms with Crippen molar-refractivity contribution in [3.05, 3.63) is 71.3 Å². The molecule has 9 heteroatoms. The Balaban J connectivity index is 1.60. The van der Waals surface area contributed by atoms with Crippen molar-refractivity contribution in [2.75, 3.05) is 13.2 Å². The normalized spacial score (nSPS) is 19.0. The van der Waals surface area contributed by atoms with Crippen molar-refractivity contribution in [2.24, 2.45) is 5.92 Å². The molecule has 36 heavy (non-hydrogen) atoms. The first-order chi connectivity index (χ1) is 17.0. The molecule has 1 fully saturated rings. The number of aryl methyl sites for hydroxylation is 1. The third-order valence-electron chi connectivity index (χ3n) is 5.98. The number of hydrogen-bond acceptors (Lipinski definition) is 3. The minimum Gasteiger partial charge on any atom is -0.484 e. The van der Waals surface area contributed by atoms with E-state index in [0.29, 0.717) is 37.3 Å². The van der Waals surface area contributed by atoms with Gasteiger partial charge in [-0.15, -0.1) is 0 Å². The average Bonchev–Trinajstić information content (AvgIpc) is 2.81. The van der Waals surface area contributed by atoms with E-state index < -0.39 is 53.8 Å². The molecule has 2 atom stereocenters. The van der Waals surface area contributed by atoms with Gasteiger partial charge in [-0.1, -0.05) is 18.2 Å². The molecule has 0 aromatic heterocycles. The number of ether oxygens (including phenoxy) is 3. The van der Waals surface area contributed by atoms with Gasteiger partial charge in [-0.3, -0.25) is 0 Å². The summed E-state index contributed by atoms with van der Waals surface area (Å²) in [6.07, 6.45) is 1.50. The Morgan fingerprint density at radius 3 is 2.44 bits per heavy atom. The van der Waals surface area contributed by atoms with Gasteiger partial charge in [0.05, 0.1) is 11.7 Å². The maximum absolute atomic E-state index is 14.6. The molecule has 0 amide bonds. The maximum atomic E-state index is 14.6. The quantitative estimate of drug-likeness (QED) is 0.225. The summed E-state index contributed by atoms with van der Waals surface area (Å²) in [5.41, 5.74) is -0.524. The summed E-state index contributed by atoms with van der Waals surface area (Å²) in [7, 11) is 0. The van der Waals surface area contributed by atoms with Gasteiger partial charge in [0, 0.05) is 19.1 Å². The molecule has 1 saturated heterocycles. The lowest BCUT2D eigenvalue weighted by Crippen LogP contribution is -2.33. The molecular formula is C27H30F6O3. The van der Waals surface area contributed by atoms with Gasteiger partial charge in [0.25, 0.3) is 5.92 Å². The molecule has 0 spiro atoms. The van der Waals surface area contributed by atoms with E-state index in [1.54, 1.807) is 0 Å². The fourth-order valence-corrected chi connectivity index (χ4v) is 3.97. The van der Waals surface area contributed by atoms with Crippen LogP contribution < -0.4 is 9.47 Å². The van der Waals surface area contributed by atoms with E-state index in [-0.39, 0.29) is 18.6 Å². The van der Waals surface area contributed by atoms with Crippen molar-refractivity contribution in [2.45, 2.75) is 64.1 Å². The van der Waals surface area contributed by atoms with Gasteiger partial charge in [-0.05, 0) is 75.3 Å². The lowest BCUT2D eigenvalue weighted by atomic mass is 9.93. The van der Waals surface area contributed by atoms with Crippen LogP contribution in [0.4, 0.5) is 26.3 Å². The SMILES string of the molecule is C/C=C/CCc1ccc(OC(F)(F)c2ccc(OCC(F)(F)CC3CCC(C)OC3)c(F)c2)cc1F. The van der Waals surface area contributed by atoms with Crippen molar-refractivity contribution < 1.29 is 40.6 Å². The van der Waals surface area contributed by atoms with Gasteiger partial charge in [0.15, 0.2) is 18.2 Å². The zero-order valence-electron chi connectivity index (χ0n) is 20.2. The van der Waals surface area contributed by atoms with E-state index >= 15 is 0 Å². The summed E-state index contributed by atoms with van der Waals surface area (Å²) in [4.78, 5) is 0. The first kappa shape index (κ1) is 27.9. The summed E-state index contributed by atoms with van der Waals surface area (Å²) >= 11 is 0. The fraction of sp³-hybridized carbons (Fsp3) is 0.481. The van der Waals surface area contributed by atoms with Crippen LogP contribution in [0.1, 0.15) is 50.7 Å². The molecule has 1 aliphatic heterocycles. The van der Waals surface area contributed by atoms with Gasteiger partial charge in [-0.2, -0.15) is 8.78 Å². The number of alkyl halides is 4. The second-order valence-corrected chi connectivity index (χ2v) is 9.06. The number of benzene rings is 2. The zero-order chi connectivity index (χ0) is 26.3. The van der Waals surface area contributed by atoms with Crippen molar-refractivity contribution in [3.63, 3.8) is 0 Å². The summed E-state index contributed by atoms with van der Waals surface area (Å²) in [5, 5.41) is 0. The third kappa shape index (κ3) is 7.91. The molecule has 0 bridgehead atoms. The Morgan fingerprint density at radius 2 is 1.81 bits per heavy atom. The lowest BCUT2D eigenvalue weighted by molar-refractivity contribution is -0.185. The molecule has 0 N–H and O–H groups in total. The second-order valence-electron chi connectivity index (χ2n) is 9.06. The van der Waals surface area contributed by atoms with Gasteiger partial charge >= 0.3 is 6.11 Å². The first-order valence-corrected chi connectivity index (χ1v) is 11.9. The van der Waals surface area contributed by atoms with Crippen LogP contribution in [0.15, 0.2) is 48.6 Å². The fourth-order valence-electron chi connectivity index (χ4n) is 3.97. The van der Waals surface area contributed by atoms with E-state index in [1.807, 2.05) is 26.0 Å². The predicted molar refractivity (Wildman–Crippen MR) is 124 cm³/mol. The predicted octanol–water partition coefficient (Wildman–Crippen LogP) is 7.82.